The van der Waals surface area contributed by atoms with Crippen LogP contribution in [0, 0.1) is 0 Å². The summed E-state index contributed by atoms with van der Waals surface area (Å²) in [6, 6.07) is 141. The van der Waals surface area contributed by atoms with E-state index < -0.39 is 0 Å². The van der Waals surface area contributed by atoms with Gasteiger partial charge in [0, 0.05) is 93.6 Å². The van der Waals surface area contributed by atoms with E-state index in [0.29, 0.717) is 11.6 Å². The Bertz CT molecular complexity index is 7260. The van der Waals surface area contributed by atoms with Crippen LogP contribution in [-0.4, -0.2) is 39.0 Å². The summed E-state index contributed by atoms with van der Waals surface area (Å²) in [5.74, 6) is 1.39. The second-order valence-electron chi connectivity index (χ2n) is 28.4. The highest BCUT2D eigenvalue weighted by molar-refractivity contribution is 6.28. The van der Waals surface area contributed by atoms with E-state index in [4.69, 9.17) is 29.9 Å². The molecule has 0 unspecified atom stereocenters. The van der Waals surface area contributed by atoms with Crippen molar-refractivity contribution in [2.24, 2.45) is 0 Å². The van der Waals surface area contributed by atoms with Gasteiger partial charge < -0.3 is 9.13 Å². The molecule has 8 heteroatoms. The monoisotopic (exact) mass is 1430 g/mol. The van der Waals surface area contributed by atoms with Gasteiger partial charge in [0.25, 0.3) is 0 Å². The van der Waals surface area contributed by atoms with Crippen molar-refractivity contribution < 1.29 is 0 Å². The van der Waals surface area contributed by atoms with Gasteiger partial charge in [0.05, 0.1) is 67.3 Å². The molecular formula is C104H66N8. The predicted molar refractivity (Wildman–Crippen MR) is 465 cm³/mol. The number of benzene rings is 16. The maximum absolute atomic E-state index is 5.54. The molecule has 0 saturated carbocycles. The van der Waals surface area contributed by atoms with Crippen LogP contribution >= 0.6 is 0 Å². The lowest BCUT2D eigenvalue weighted by Crippen LogP contribution is -1.98. The lowest BCUT2D eigenvalue weighted by atomic mass is 9.92. The molecule has 0 spiro atoms. The first kappa shape index (κ1) is 65.2. The van der Waals surface area contributed by atoms with Crippen LogP contribution in [0.2, 0.25) is 0 Å². The first-order valence-corrected chi connectivity index (χ1v) is 37.9. The highest BCUT2D eigenvalue weighted by atomic mass is 15.0. The van der Waals surface area contributed by atoms with Gasteiger partial charge in [-0.25, -0.2) is 29.9 Å². The summed E-state index contributed by atoms with van der Waals surface area (Å²) in [7, 11) is 0. The fourth-order valence-electron chi connectivity index (χ4n) is 16.5. The van der Waals surface area contributed by atoms with Gasteiger partial charge >= 0.3 is 0 Å². The van der Waals surface area contributed by atoms with Crippen LogP contribution in [0.5, 0.6) is 0 Å². The molecule has 6 heterocycles. The van der Waals surface area contributed by atoms with Crippen molar-refractivity contribution in [3.63, 3.8) is 0 Å². The van der Waals surface area contributed by atoms with Crippen molar-refractivity contribution in [3.8, 4) is 113 Å². The summed E-state index contributed by atoms with van der Waals surface area (Å²) >= 11 is 0. The zero-order chi connectivity index (χ0) is 74.0. The quantitative estimate of drug-likeness (QED) is 0.0947. The summed E-state index contributed by atoms with van der Waals surface area (Å²) in [5.41, 5.74) is 24.7. The molecule has 16 aromatic carbocycles. The molecule has 0 bridgehead atoms. The molecule has 0 N–H and O–H groups in total. The molecule has 0 aliphatic carbocycles. The third kappa shape index (κ3) is 11.5. The number of hydrogen-bond donors (Lipinski definition) is 0. The third-order valence-electron chi connectivity index (χ3n) is 21.8. The lowest BCUT2D eigenvalue weighted by Gasteiger charge is -2.15. The zero-order valence-corrected chi connectivity index (χ0v) is 60.7. The first-order chi connectivity index (χ1) is 55.5. The van der Waals surface area contributed by atoms with Crippen LogP contribution < -0.4 is 0 Å². The fourth-order valence-corrected chi connectivity index (χ4v) is 16.5. The Hall–Kier alpha value is -15.1. The van der Waals surface area contributed by atoms with Crippen molar-refractivity contribution >= 4 is 97.7 Å². The SMILES string of the molecule is c1ccc(-c2cc(-c3ccc(-c4ccc(-c5nc6cc7ccccc7cc6c6c7ccccc7n(-c7ccccc7)c56)cc4)c4ccccc34)nc(-c3ccccc3)n2)cc1.c1ccc(-c2cc(-c3ccccc3)nc(-c3ccc(-c4nc5c6ccccc6ccc5c5c6ccccc6n(-c6ccccc6)c45)cc3)n2)cc1. The topological polar surface area (TPSA) is 87.2 Å². The molecule has 0 fully saturated rings. The molecule has 522 valence electrons. The average molecular weight is 1430 g/mol. The van der Waals surface area contributed by atoms with Gasteiger partial charge in [-0.05, 0) is 98.7 Å². The average Bonchev–Trinajstić information content (AvgIpc) is 1.54. The van der Waals surface area contributed by atoms with Gasteiger partial charge in [0.1, 0.15) is 0 Å². The smallest absolute Gasteiger partial charge is 0.160 e. The molecule has 22 aromatic rings. The molecule has 112 heavy (non-hydrogen) atoms. The molecular weight excluding hydrogens is 1360 g/mol. The summed E-state index contributed by atoms with van der Waals surface area (Å²) in [5, 5.41) is 14.1. The third-order valence-corrected chi connectivity index (χ3v) is 21.8. The normalized spacial score (nSPS) is 11.6. The summed E-state index contributed by atoms with van der Waals surface area (Å²) < 4.78 is 4.76. The number of nitrogens with zero attached hydrogens (tertiary/aromatic N) is 8. The van der Waals surface area contributed by atoms with Crippen molar-refractivity contribution in [2.75, 3.05) is 0 Å². The van der Waals surface area contributed by atoms with Crippen LogP contribution in [0.15, 0.2) is 400 Å². The molecule has 22 rings (SSSR count). The number of hydrogen-bond acceptors (Lipinski definition) is 6. The molecule has 0 aliphatic rings. The Balaban J connectivity index is 0.000000144. The maximum Gasteiger partial charge on any atom is 0.160 e. The van der Waals surface area contributed by atoms with Crippen LogP contribution in [0.1, 0.15) is 0 Å². The van der Waals surface area contributed by atoms with Gasteiger partial charge in [0.15, 0.2) is 11.6 Å². The van der Waals surface area contributed by atoms with Gasteiger partial charge in [-0.3, -0.25) is 0 Å². The van der Waals surface area contributed by atoms with E-state index in [0.717, 1.165) is 161 Å². The van der Waals surface area contributed by atoms with Crippen molar-refractivity contribution in [1.82, 2.24) is 39.0 Å². The van der Waals surface area contributed by atoms with Crippen LogP contribution in [0.25, 0.3) is 211 Å². The second-order valence-corrected chi connectivity index (χ2v) is 28.4. The summed E-state index contributed by atoms with van der Waals surface area (Å²) in [4.78, 5) is 31.5. The fraction of sp³-hybridized carbons (Fsp3) is 0. The van der Waals surface area contributed by atoms with Crippen LogP contribution in [-0.2, 0) is 0 Å². The summed E-state index contributed by atoms with van der Waals surface area (Å²) in [6.07, 6.45) is 0. The lowest BCUT2D eigenvalue weighted by molar-refractivity contribution is 1.17. The Morgan fingerprint density at radius 1 is 0.196 bits per heavy atom. The maximum atomic E-state index is 5.54. The Morgan fingerprint density at radius 2 is 0.562 bits per heavy atom. The number of fused-ring (bicyclic) bond motifs is 14. The van der Waals surface area contributed by atoms with E-state index >= 15 is 0 Å². The van der Waals surface area contributed by atoms with Gasteiger partial charge in [-0.1, -0.05) is 340 Å². The van der Waals surface area contributed by atoms with E-state index in [2.05, 4.69) is 349 Å². The Kier molecular flexibility index (Phi) is 16.1. The minimum Gasteiger partial charge on any atom is -0.307 e. The van der Waals surface area contributed by atoms with Gasteiger partial charge in [-0.2, -0.15) is 0 Å². The number of aromatic nitrogens is 8. The molecule has 0 amide bonds. The van der Waals surface area contributed by atoms with Gasteiger partial charge in [-0.15, -0.1) is 0 Å². The number of rotatable bonds is 11. The van der Waals surface area contributed by atoms with Gasteiger partial charge in [0.2, 0.25) is 0 Å². The minimum atomic E-state index is 0.683. The van der Waals surface area contributed by atoms with E-state index in [1.54, 1.807) is 0 Å². The molecule has 0 aliphatic heterocycles. The molecule has 0 atom stereocenters. The second kappa shape index (κ2) is 27.6. The number of pyridine rings is 2. The standard InChI is InChI=1S/C57H36N4.C47H30N4/c1-4-16-38(17-5-1)50-36-52(60-57(59-50)40-18-6-2-7-19-40)47-33-32-44(45-24-12-13-25-46(45)47)37-28-30-39(31-29-37)55-56-54(49-34-41-20-10-11-21-42(41)35-51(49)58-55)48-26-14-15-27-53(48)61(56)43-22-8-3-9-23-43;1-4-15-32(16-5-1)40-30-41(33-17-6-2-7-18-33)49-47(48-40)35-26-24-34(25-27-35)44-46-43(39-29-28-31-14-10-11-21-37(31)45(39)50-44)38-22-12-13-23-42(38)51(46)36-19-8-3-9-20-36/h1-36H;1-30H. The largest absolute Gasteiger partial charge is 0.307 e. The zero-order valence-electron chi connectivity index (χ0n) is 60.7. The van der Waals surface area contributed by atoms with Crippen molar-refractivity contribution in [2.45, 2.75) is 0 Å². The van der Waals surface area contributed by atoms with Crippen LogP contribution in [0.4, 0.5) is 0 Å². The first-order valence-electron chi connectivity index (χ1n) is 37.9. The van der Waals surface area contributed by atoms with E-state index in [1.807, 2.05) is 60.7 Å². The molecule has 6 aromatic heterocycles. The van der Waals surface area contributed by atoms with E-state index in [-0.39, 0.29) is 0 Å². The van der Waals surface area contributed by atoms with E-state index in [9.17, 15) is 0 Å². The van der Waals surface area contributed by atoms with Crippen molar-refractivity contribution in [1.29, 1.82) is 0 Å². The van der Waals surface area contributed by atoms with Crippen molar-refractivity contribution in [3.05, 3.63) is 400 Å². The predicted octanol–water partition coefficient (Wildman–Crippen LogP) is 26.7. The highest BCUT2D eigenvalue weighted by Crippen LogP contribution is 2.46. The van der Waals surface area contributed by atoms with Crippen LogP contribution in [0.3, 0.4) is 0 Å². The van der Waals surface area contributed by atoms with E-state index in [1.165, 1.54) is 37.7 Å². The molecule has 0 radical (unpaired) electrons. The minimum absolute atomic E-state index is 0.683. The Morgan fingerprint density at radius 3 is 1.09 bits per heavy atom. The number of para-hydroxylation sites is 4. The Labute approximate surface area is 645 Å². The molecule has 8 nitrogen and oxygen atoms in total. The summed E-state index contributed by atoms with van der Waals surface area (Å²) in [6.45, 7) is 0. The highest BCUT2D eigenvalue weighted by Gasteiger charge is 2.25. The molecule has 0 saturated heterocycles.